The Morgan fingerprint density at radius 1 is 0.700 bits per heavy atom. The number of carboxylic acid groups (broad SMARTS) is 2. The third-order valence-corrected chi connectivity index (χ3v) is 2.87. The van der Waals surface area contributed by atoms with E-state index < -0.39 is 11.9 Å². The number of carbonyl (C=O) groups is 2. The zero-order chi connectivity index (χ0) is 15.1. The van der Waals surface area contributed by atoms with Crippen LogP contribution in [0.2, 0.25) is 10.0 Å². The summed E-state index contributed by atoms with van der Waals surface area (Å²) in [5, 5.41) is 17.5. The van der Waals surface area contributed by atoms with Gasteiger partial charge in [-0.3, -0.25) is 0 Å². The summed E-state index contributed by atoms with van der Waals surface area (Å²) in [6, 6.07) is 12.7. The van der Waals surface area contributed by atoms with Gasteiger partial charge in [-0.2, -0.15) is 0 Å². The molecule has 0 amide bonds. The lowest BCUT2D eigenvalue weighted by molar-refractivity contribution is 0.0686. The summed E-state index contributed by atoms with van der Waals surface area (Å²) >= 11 is 11.1. The van der Waals surface area contributed by atoms with Gasteiger partial charge in [-0.1, -0.05) is 47.5 Å². The molecule has 4 nitrogen and oxygen atoms in total. The lowest BCUT2D eigenvalue weighted by Gasteiger charge is -1.94. The Bertz CT molecular complexity index is 571. The topological polar surface area (TPSA) is 74.6 Å². The van der Waals surface area contributed by atoms with Crippen molar-refractivity contribution in [3.63, 3.8) is 0 Å². The van der Waals surface area contributed by atoms with Gasteiger partial charge >= 0.3 is 11.9 Å². The van der Waals surface area contributed by atoms with E-state index in [2.05, 4.69) is 0 Å². The van der Waals surface area contributed by atoms with Crippen LogP contribution in [0.3, 0.4) is 0 Å². The summed E-state index contributed by atoms with van der Waals surface area (Å²) in [4.78, 5) is 20.7. The molecule has 6 heteroatoms. The first kappa shape index (κ1) is 16.0. The van der Waals surface area contributed by atoms with E-state index in [-0.39, 0.29) is 21.2 Å². The summed E-state index contributed by atoms with van der Waals surface area (Å²) < 4.78 is 0. The van der Waals surface area contributed by atoms with E-state index in [4.69, 9.17) is 33.4 Å². The Morgan fingerprint density at radius 2 is 1.00 bits per heavy atom. The van der Waals surface area contributed by atoms with Crippen molar-refractivity contribution in [2.45, 2.75) is 0 Å². The number of benzene rings is 2. The average Bonchev–Trinajstić information content (AvgIpc) is 2.40. The van der Waals surface area contributed by atoms with Crippen LogP contribution in [0.5, 0.6) is 0 Å². The predicted molar refractivity (Wildman–Crippen MR) is 76.8 cm³/mol. The molecule has 104 valence electrons. The number of carboxylic acids is 2. The van der Waals surface area contributed by atoms with Crippen molar-refractivity contribution in [1.82, 2.24) is 0 Å². The predicted octanol–water partition coefficient (Wildman–Crippen LogP) is 4.08. The standard InChI is InChI=1S/2C7H5ClO2/c2*8-6-4-2-1-3-5(6)7(9)10/h2*1-4H,(H,9,10). The monoisotopic (exact) mass is 312 g/mol. The molecule has 0 aliphatic carbocycles. The molecule has 0 bridgehead atoms. The van der Waals surface area contributed by atoms with Crippen LogP contribution >= 0.6 is 23.2 Å². The summed E-state index contributed by atoms with van der Waals surface area (Å²) in [6.45, 7) is 0. The first-order valence-electron chi connectivity index (χ1n) is 5.39. The molecule has 0 atom stereocenters. The van der Waals surface area contributed by atoms with Crippen LogP contribution < -0.4 is 0 Å². The quantitative estimate of drug-likeness (QED) is 0.876. The Kier molecular flexibility index (Phi) is 6.03. The van der Waals surface area contributed by atoms with Gasteiger partial charge in [0.2, 0.25) is 0 Å². The number of aromatic carboxylic acids is 2. The summed E-state index contributed by atoms with van der Waals surface area (Å²) in [5.74, 6) is -1.99. The van der Waals surface area contributed by atoms with Gasteiger partial charge < -0.3 is 10.2 Å². The minimum atomic E-state index is -0.995. The second-order valence-electron chi connectivity index (χ2n) is 3.57. The maximum atomic E-state index is 10.3. The number of rotatable bonds is 2. The van der Waals surface area contributed by atoms with Crippen molar-refractivity contribution in [3.05, 3.63) is 69.7 Å². The zero-order valence-electron chi connectivity index (χ0n) is 10.1. The maximum Gasteiger partial charge on any atom is 0.337 e. The fraction of sp³-hybridized carbons (Fsp3) is 0. The summed E-state index contributed by atoms with van der Waals surface area (Å²) in [6.07, 6.45) is 0. The van der Waals surface area contributed by atoms with Gasteiger partial charge in [0.05, 0.1) is 21.2 Å². The highest BCUT2D eigenvalue weighted by Gasteiger charge is 2.05. The molecular weight excluding hydrogens is 303 g/mol. The molecule has 2 aromatic carbocycles. The van der Waals surface area contributed by atoms with Crippen molar-refractivity contribution in [2.24, 2.45) is 0 Å². The summed E-state index contributed by atoms with van der Waals surface area (Å²) in [5.41, 5.74) is 0.285. The number of halogens is 2. The Hall–Kier alpha value is -2.04. The Balaban J connectivity index is 0.000000200. The van der Waals surface area contributed by atoms with Gasteiger partial charge in [-0.15, -0.1) is 0 Å². The summed E-state index contributed by atoms with van der Waals surface area (Å²) in [7, 11) is 0. The molecule has 2 N–H and O–H groups in total. The highest BCUT2D eigenvalue weighted by molar-refractivity contribution is 6.33. The van der Waals surface area contributed by atoms with Crippen molar-refractivity contribution in [1.29, 1.82) is 0 Å². The van der Waals surface area contributed by atoms with Gasteiger partial charge in [-0.25, -0.2) is 9.59 Å². The van der Waals surface area contributed by atoms with Crippen molar-refractivity contribution < 1.29 is 19.8 Å². The van der Waals surface area contributed by atoms with E-state index >= 15 is 0 Å². The molecule has 0 unspecified atom stereocenters. The van der Waals surface area contributed by atoms with Crippen molar-refractivity contribution >= 4 is 35.1 Å². The second-order valence-corrected chi connectivity index (χ2v) is 4.38. The molecule has 0 fully saturated rings. The first-order chi connectivity index (χ1) is 9.43. The fourth-order valence-electron chi connectivity index (χ4n) is 1.27. The van der Waals surface area contributed by atoms with E-state index in [0.29, 0.717) is 0 Å². The van der Waals surface area contributed by atoms with E-state index in [0.717, 1.165) is 0 Å². The zero-order valence-corrected chi connectivity index (χ0v) is 11.6. The number of hydrogen-bond acceptors (Lipinski definition) is 2. The van der Waals surface area contributed by atoms with E-state index in [1.807, 2.05) is 0 Å². The van der Waals surface area contributed by atoms with Crippen LogP contribution in [0.1, 0.15) is 20.7 Å². The van der Waals surface area contributed by atoms with E-state index in [1.165, 1.54) is 12.1 Å². The van der Waals surface area contributed by atoms with Gasteiger partial charge in [0.1, 0.15) is 0 Å². The van der Waals surface area contributed by atoms with Crippen molar-refractivity contribution in [3.8, 4) is 0 Å². The third-order valence-electron chi connectivity index (χ3n) is 2.21. The molecule has 0 aromatic heterocycles. The molecule has 20 heavy (non-hydrogen) atoms. The van der Waals surface area contributed by atoms with Crippen LogP contribution in [0.25, 0.3) is 0 Å². The molecule has 0 heterocycles. The molecule has 0 radical (unpaired) electrons. The lowest BCUT2D eigenvalue weighted by atomic mass is 10.2. The van der Waals surface area contributed by atoms with E-state index in [1.54, 1.807) is 36.4 Å². The van der Waals surface area contributed by atoms with Crippen LogP contribution in [0.15, 0.2) is 48.5 Å². The molecule has 0 spiro atoms. The molecular formula is C14H10Cl2O4. The molecule has 2 aromatic rings. The van der Waals surface area contributed by atoms with Crippen LogP contribution in [-0.4, -0.2) is 22.2 Å². The van der Waals surface area contributed by atoms with Crippen LogP contribution in [0, 0.1) is 0 Å². The van der Waals surface area contributed by atoms with Crippen LogP contribution in [0.4, 0.5) is 0 Å². The van der Waals surface area contributed by atoms with Gasteiger partial charge in [0.25, 0.3) is 0 Å². The SMILES string of the molecule is O=C(O)c1ccccc1Cl.O=C(O)c1ccccc1Cl. The fourth-order valence-corrected chi connectivity index (χ4v) is 1.70. The smallest absolute Gasteiger partial charge is 0.337 e. The lowest BCUT2D eigenvalue weighted by Crippen LogP contribution is -1.95. The Labute approximate surface area is 125 Å². The second kappa shape index (κ2) is 7.53. The van der Waals surface area contributed by atoms with Gasteiger partial charge in [0.15, 0.2) is 0 Å². The molecule has 0 aliphatic rings. The highest BCUT2D eigenvalue weighted by atomic mass is 35.5. The minimum absolute atomic E-state index is 0.143. The number of hydrogen-bond donors (Lipinski definition) is 2. The normalized spacial score (nSPS) is 9.30. The maximum absolute atomic E-state index is 10.3. The first-order valence-corrected chi connectivity index (χ1v) is 6.14. The van der Waals surface area contributed by atoms with Gasteiger partial charge in [-0.05, 0) is 24.3 Å². The largest absolute Gasteiger partial charge is 0.478 e. The molecule has 0 saturated carbocycles. The van der Waals surface area contributed by atoms with Crippen molar-refractivity contribution in [2.75, 3.05) is 0 Å². The minimum Gasteiger partial charge on any atom is -0.478 e. The third kappa shape index (κ3) is 4.57. The average molecular weight is 313 g/mol. The van der Waals surface area contributed by atoms with Crippen LogP contribution in [-0.2, 0) is 0 Å². The highest BCUT2D eigenvalue weighted by Crippen LogP contribution is 2.14. The van der Waals surface area contributed by atoms with E-state index in [9.17, 15) is 9.59 Å². The molecule has 0 saturated heterocycles. The molecule has 0 aliphatic heterocycles. The Morgan fingerprint density at radius 3 is 1.20 bits per heavy atom. The molecule has 2 rings (SSSR count). The van der Waals surface area contributed by atoms with Gasteiger partial charge in [0, 0.05) is 0 Å².